The second-order valence-electron chi connectivity index (χ2n) is 4.60. The number of allylic oxidation sites excluding steroid dienone is 1. The number of nitro groups is 1. The Hall–Kier alpha value is -2.81. The Morgan fingerprint density at radius 2 is 1.52 bits per heavy atom. The molecule has 25 heavy (non-hydrogen) atoms. The van der Waals surface area contributed by atoms with Crippen molar-refractivity contribution in [1.29, 1.82) is 0 Å². The van der Waals surface area contributed by atoms with E-state index in [1.165, 1.54) is 0 Å². The van der Waals surface area contributed by atoms with E-state index in [0.29, 0.717) is 12.2 Å². The maximum atomic E-state index is 13.5. The van der Waals surface area contributed by atoms with Crippen molar-refractivity contribution < 1.29 is 31.7 Å². The summed E-state index contributed by atoms with van der Waals surface area (Å²) in [6.07, 6.45) is 0.907. The van der Waals surface area contributed by atoms with E-state index in [1.807, 2.05) is 0 Å². The number of carbonyl (C=O) groups is 1. The highest BCUT2D eigenvalue weighted by Gasteiger charge is 2.24. The number of rotatable bonds is 4. The minimum Gasteiger partial charge on any atom is -0.289 e. The molecule has 0 unspecified atom stereocenters. The third kappa shape index (κ3) is 3.50. The molecule has 0 radical (unpaired) electrons. The number of hydrogen-bond acceptors (Lipinski definition) is 3. The van der Waals surface area contributed by atoms with Crippen LogP contribution >= 0.6 is 11.6 Å². The fraction of sp³-hybridized carbons (Fsp3) is 0. The Labute approximate surface area is 141 Å². The SMILES string of the molecule is O=C(/C=C/c1c(F)c(F)c(F)c(F)c1F)c1ccc(Cl)c([N+](=O)[O-])c1. The lowest BCUT2D eigenvalue weighted by atomic mass is 10.1. The van der Waals surface area contributed by atoms with Crippen LogP contribution in [0.15, 0.2) is 24.3 Å². The third-order valence-electron chi connectivity index (χ3n) is 3.07. The number of nitrogens with zero attached hydrogens (tertiary/aromatic N) is 1. The molecule has 0 bridgehead atoms. The standard InChI is InChI=1S/C15H5ClF5NO3/c16-8-3-1-6(5-9(8)22(24)25)10(23)4-2-7-11(17)13(19)15(21)14(20)12(7)18/h1-5H/b4-2+. The quantitative estimate of drug-likeness (QED) is 0.146. The Bertz CT molecular complexity index is 901. The molecular formula is C15H5ClF5NO3. The van der Waals surface area contributed by atoms with E-state index in [2.05, 4.69) is 0 Å². The summed E-state index contributed by atoms with van der Waals surface area (Å²) >= 11 is 5.57. The summed E-state index contributed by atoms with van der Waals surface area (Å²) in [7, 11) is 0. The fourth-order valence-corrected chi connectivity index (χ4v) is 2.02. The monoisotopic (exact) mass is 377 g/mol. The first-order chi connectivity index (χ1) is 11.6. The first-order valence-electron chi connectivity index (χ1n) is 6.33. The van der Waals surface area contributed by atoms with E-state index in [1.54, 1.807) is 0 Å². The Morgan fingerprint density at radius 3 is 2.04 bits per heavy atom. The van der Waals surface area contributed by atoms with Crippen molar-refractivity contribution in [3.05, 3.63) is 79.6 Å². The minimum atomic E-state index is -2.33. The van der Waals surface area contributed by atoms with Crippen LogP contribution in [0.25, 0.3) is 6.08 Å². The fourth-order valence-electron chi connectivity index (χ4n) is 1.83. The van der Waals surface area contributed by atoms with Crippen LogP contribution in [0.3, 0.4) is 0 Å². The predicted molar refractivity (Wildman–Crippen MR) is 77.7 cm³/mol. The molecule has 2 aromatic carbocycles. The van der Waals surface area contributed by atoms with Gasteiger partial charge in [0.15, 0.2) is 29.1 Å². The molecule has 2 rings (SSSR count). The number of carbonyl (C=O) groups excluding carboxylic acids is 1. The average molecular weight is 378 g/mol. The summed E-state index contributed by atoms with van der Waals surface area (Å²) < 4.78 is 66.0. The normalized spacial score (nSPS) is 11.1. The van der Waals surface area contributed by atoms with E-state index < -0.39 is 51.0 Å². The van der Waals surface area contributed by atoms with E-state index in [-0.39, 0.29) is 10.6 Å². The Morgan fingerprint density at radius 1 is 1.00 bits per heavy atom. The van der Waals surface area contributed by atoms with E-state index in [0.717, 1.165) is 18.2 Å². The van der Waals surface area contributed by atoms with Gasteiger partial charge < -0.3 is 0 Å². The van der Waals surface area contributed by atoms with Gasteiger partial charge in [0, 0.05) is 11.6 Å². The highest BCUT2D eigenvalue weighted by Crippen LogP contribution is 2.26. The summed E-state index contributed by atoms with van der Waals surface area (Å²) in [5, 5.41) is 10.5. The number of hydrogen-bond donors (Lipinski definition) is 0. The van der Waals surface area contributed by atoms with Crippen molar-refractivity contribution in [3.8, 4) is 0 Å². The van der Waals surface area contributed by atoms with Crippen molar-refractivity contribution in [2.45, 2.75) is 0 Å². The lowest BCUT2D eigenvalue weighted by Crippen LogP contribution is -2.04. The van der Waals surface area contributed by atoms with E-state index in [4.69, 9.17) is 11.6 Å². The molecule has 0 aliphatic rings. The van der Waals surface area contributed by atoms with Gasteiger partial charge in [-0.25, -0.2) is 22.0 Å². The number of ketones is 1. The molecule has 0 fully saturated rings. The van der Waals surface area contributed by atoms with E-state index in [9.17, 15) is 36.9 Å². The zero-order valence-corrected chi connectivity index (χ0v) is 12.6. The molecular weight excluding hydrogens is 373 g/mol. The van der Waals surface area contributed by atoms with Gasteiger partial charge in [-0.1, -0.05) is 11.6 Å². The smallest absolute Gasteiger partial charge is 0.288 e. The summed E-state index contributed by atoms with van der Waals surface area (Å²) in [4.78, 5) is 21.8. The first kappa shape index (κ1) is 18.5. The van der Waals surface area contributed by atoms with Gasteiger partial charge in [-0.3, -0.25) is 14.9 Å². The molecule has 4 nitrogen and oxygen atoms in total. The van der Waals surface area contributed by atoms with Crippen LogP contribution in [-0.4, -0.2) is 10.7 Å². The van der Waals surface area contributed by atoms with Crippen molar-refractivity contribution in [3.63, 3.8) is 0 Å². The molecule has 0 amide bonds. The number of halogens is 6. The molecule has 0 aliphatic heterocycles. The number of benzene rings is 2. The van der Waals surface area contributed by atoms with Gasteiger partial charge in [0.25, 0.3) is 5.69 Å². The molecule has 0 N–H and O–H groups in total. The van der Waals surface area contributed by atoms with Crippen molar-refractivity contribution in [2.75, 3.05) is 0 Å². The third-order valence-corrected chi connectivity index (χ3v) is 3.39. The zero-order valence-electron chi connectivity index (χ0n) is 11.8. The predicted octanol–water partition coefficient (Wildman–Crippen LogP) is 4.84. The molecule has 130 valence electrons. The molecule has 10 heteroatoms. The maximum Gasteiger partial charge on any atom is 0.288 e. The molecule has 0 aromatic heterocycles. The van der Waals surface area contributed by atoms with Gasteiger partial charge in [-0.05, 0) is 24.3 Å². The highest BCUT2D eigenvalue weighted by molar-refractivity contribution is 6.32. The molecule has 0 saturated heterocycles. The maximum absolute atomic E-state index is 13.5. The van der Waals surface area contributed by atoms with Crippen LogP contribution in [-0.2, 0) is 0 Å². The van der Waals surface area contributed by atoms with Crippen molar-refractivity contribution in [1.82, 2.24) is 0 Å². The van der Waals surface area contributed by atoms with Gasteiger partial charge in [0.05, 0.1) is 10.5 Å². The van der Waals surface area contributed by atoms with E-state index >= 15 is 0 Å². The van der Waals surface area contributed by atoms with Gasteiger partial charge >= 0.3 is 0 Å². The topological polar surface area (TPSA) is 60.2 Å². The van der Waals surface area contributed by atoms with Gasteiger partial charge in [0.2, 0.25) is 5.82 Å². The van der Waals surface area contributed by atoms with Gasteiger partial charge in [-0.15, -0.1) is 0 Å². The molecule has 0 aliphatic carbocycles. The molecule has 0 saturated carbocycles. The highest BCUT2D eigenvalue weighted by atomic mass is 35.5. The number of nitro benzene ring substituents is 1. The molecule has 0 atom stereocenters. The second kappa shape index (κ2) is 6.98. The summed E-state index contributed by atoms with van der Waals surface area (Å²) in [5.74, 6) is -11.8. The van der Waals surface area contributed by atoms with Crippen LogP contribution < -0.4 is 0 Å². The zero-order chi connectivity index (χ0) is 18.9. The van der Waals surface area contributed by atoms with Gasteiger partial charge in [0.1, 0.15) is 5.02 Å². The van der Waals surface area contributed by atoms with Crippen LogP contribution in [0.2, 0.25) is 5.02 Å². The summed E-state index contributed by atoms with van der Waals surface area (Å²) in [6.45, 7) is 0. The lowest BCUT2D eigenvalue weighted by Gasteiger charge is -2.04. The molecule has 0 heterocycles. The van der Waals surface area contributed by atoms with Crippen molar-refractivity contribution >= 4 is 29.1 Å². The summed E-state index contributed by atoms with van der Waals surface area (Å²) in [5.41, 5.74) is -2.17. The largest absolute Gasteiger partial charge is 0.289 e. The van der Waals surface area contributed by atoms with Crippen LogP contribution in [0.4, 0.5) is 27.6 Å². The molecule has 0 spiro atoms. The van der Waals surface area contributed by atoms with Gasteiger partial charge in [-0.2, -0.15) is 0 Å². The van der Waals surface area contributed by atoms with Crippen LogP contribution in [0.5, 0.6) is 0 Å². The van der Waals surface area contributed by atoms with Crippen LogP contribution in [0.1, 0.15) is 15.9 Å². The summed E-state index contributed by atoms with van der Waals surface area (Å²) in [6, 6.07) is 2.97. The molecule has 2 aromatic rings. The second-order valence-corrected chi connectivity index (χ2v) is 5.01. The lowest BCUT2D eigenvalue weighted by molar-refractivity contribution is -0.384. The average Bonchev–Trinajstić information content (AvgIpc) is 2.58. The first-order valence-corrected chi connectivity index (χ1v) is 6.70. The van der Waals surface area contributed by atoms with Crippen LogP contribution in [0, 0.1) is 39.2 Å². The Kier molecular flexibility index (Phi) is 5.17. The minimum absolute atomic E-state index is 0.245. The van der Waals surface area contributed by atoms with Crippen molar-refractivity contribution in [2.24, 2.45) is 0 Å². The Balaban J connectivity index is 2.43.